The molecule has 36 heavy (non-hydrogen) atoms. The first-order valence-corrected chi connectivity index (χ1v) is 10.7. The van der Waals surface area contributed by atoms with Gasteiger partial charge in [-0.2, -0.15) is 13.2 Å². The minimum atomic E-state index is -4.98. The summed E-state index contributed by atoms with van der Waals surface area (Å²) in [6.45, 7) is 3.22. The number of hydrogen-bond donors (Lipinski definition) is 0. The fourth-order valence-electron chi connectivity index (χ4n) is 3.14. The van der Waals surface area contributed by atoms with Crippen molar-refractivity contribution in [1.82, 2.24) is 9.13 Å². The van der Waals surface area contributed by atoms with Gasteiger partial charge >= 0.3 is 17.8 Å². The average molecular weight is 531 g/mol. The zero-order chi connectivity index (χ0) is 26.8. The van der Waals surface area contributed by atoms with Crippen molar-refractivity contribution in [3.8, 4) is 22.9 Å². The first kappa shape index (κ1) is 26.8. The van der Waals surface area contributed by atoms with Crippen molar-refractivity contribution >= 4 is 17.6 Å². The van der Waals surface area contributed by atoms with Gasteiger partial charge in [0.15, 0.2) is 17.6 Å². The normalized spacial score (nSPS) is 12.2. The van der Waals surface area contributed by atoms with E-state index in [1.807, 2.05) is 0 Å². The van der Waals surface area contributed by atoms with Crippen molar-refractivity contribution in [2.24, 2.45) is 7.05 Å². The van der Waals surface area contributed by atoms with Crippen molar-refractivity contribution < 1.29 is 36.6 Å². The number of carbonyl (C=O) groups is 1. The molecule has 1 heterocycles. The summed E-state index contributed by atoms with van der Waals surface area (Å²) in [4.78, 5) is 36.9. The molecule has 1 unspecified atom stereocenters. The van der Waals surface area contributed by atoms with Gasteiger partial charge in [0.1, 0.15) is 17.3 Å². The average Bonchev–Trinajstić information content (AvgIpc) is 2.79. The van der Waals surface area contributed by atoms with Crippen LogP contribution in [0.25, 0.3) is 5.69 Å². The SMILES string of the molecule is CCOC(=O)C(C)Oc1ccccc1Oc1cc(-n2c(=O)cc(C(F)(F)F)n(C)c2=O)c(F)cc1Cl. The van der Waals surface area contributed by atoms with Gasteiger partial charge in [-0.1, -0.05) is 23.7 Å². The smallest absolute Gasteiger partial charge is 0.431 e. The molecule has 0 bridgehead atoms. The molecule has 0 aliphatic heterocycles. The number of hydrogen-bond acceptors (Lipinski definition) is 6. The lowest BCUT2D eigenvalue weighted by atomic mass is 10.2. The number of benzene rings is 2. The van der Waals surface area contributed by atoms with Crippen LogP contribution < -0.4 is 20.7 Å². The van der Waals surface area contributed by atoms with Gasteiger partial charge in [0.05, 0.1) is 17.3 Å². The molecule has 0 fully saturated rings. The molecule has 13 heteroatoms. The Kier molecular flexibility index (Phi) is 7.77. The second kappa shape index (κ2) is 10.4. The van der Waals surface area contributed by atoms with Crippen LogP contribution in [0.4, 0.5) is 17.6 Å². The number of alkyl halides is 3. The minimum absolute atomic E-state index is 0.0285. The Balaban J connectivity index is 2.06. The fourth-order valence-corrected chi connectivity index (χ4v) is 3.32. The molecule has 1 atom stereocenters. The number of aromatic nitrogens is 2. The Morgan fingerprint density at radius 2 is 1.72 bits per heavy atom. The zero-order valence-corrected chi connectivity index (χ0v) is 19.8. The highest BCUT2D eigenvalue weighted by molar-refractivity contribution is 6.32. The number of ether oxygens (including phenoxy) is 3. The van der Waals surface area contributed by atoms with Crippen LogP contribution in [0.1, 0.15) is 19.5 Å². The summed E-state index contributed by atoms with van der Waals surface area (Å²) in [5.74, 6) is -1.93. The largest absolute Gasteiger partial charge is 0.475 e. The molecule has 3 aromatic rings. The topological polar surface area (TPSA) is 88.8 Å². The van der Waals surface area contributed by atoms with Crippen molar-refractivity contribution in [2.75, 3.05) is 6.61 Å². The van der Waals surface area contributed by atoms with Gasteiger partial charge in [-0.15, -0.1) is 0 Å². The number of halogens is 5. The lowest BCUT2D eigenvalue weighted by molar-refractivity contribution is -0.150. The van der Waals surface area contributed by atoms with Gasteiger partial charge in [-0.05, 0) is 32.0 Å². The molecule has 0 N–H and O–H groups in total. The Morgan fingerprint density at radius 3 is 2.33 bits per heavy atom. The van der Waals surface area contributed by atoms with E-state index in [1.54, 1.807) is 19.1 Å². The summed E-state index contributed by atoms with van der Waals surface area (Å²) in [5.41, 5.74) is -5.04. The standard InChI is InChI=1S/C23H19ClF4N2O6/c1-4-34-21(32)12(2)35-16-7-5-6-8-17(16)36-18-10-15(14(25)9-13(18)24)30-20(31)11-19(23(26,27)28)29(3)22(30)33/h5-12H,4H2,1-3H3. The molecule has 8 nitrogen and oxygen atoms in total. The monoisotopic (exact) mass is 530 g/mol. The summed E-state index contributed by atoms with van der Waals surface area (Å²) < 4.78 is 70.7. The molecule has 3 rings (SSSR count). The summed E-state index contributed by atoms with van der Waals surface area (Å²) in [7, 11) is 0.796. The zero-order valence-electron chi connectivity index (χ0n) is 19.1. The van der Waals surface area contributed by atoms with E-state index >= 15 is 0 Å². The number of carbonyl (C=O) groups excluding carboxylic acids is 1. The predicted molar refractivity (Wildman–Crippen MR) is 120 cm³/mol. The highest BCUT2D eigenvalue weighted by Gasteiger charge is 2.35. The molecule has 1 aromatic heterocycles. The second-order valence-corrected chi connectivity index (χ2v) is 7.74. The molecular formula is C23H19ClF4N2O6. The molecule has 0 aliphatic carbocycles. The van der Waals surface area contributed by atoms with E-state index in [0.717, 1.165) is 19.2 Å². The Hall–Kier alpha value is -3.80. The van der Waals surface area contributed by atoms with Crippen LogP contribution in [0.3, 0.4) is 0 Å². The molecule has 192 valence electrons. The van der Waals surface area contributed by atoms with Gasteiger partial charge < -0.3 is 14.2 Å². The molecule has 0 spiro atoms. The highest BCUT2D eigenvalue weighted by atomic mass is 35.5. The van der Waals surface area contributed by atoms with Gasteiger partial charge in [-0.25, -0.2) is 18.5 Å². The molecule has 0 saturated heterocycles. The van der Waals surface area contributed by atoms with Crippen molar-refractivity contribution in [2.45, 2.75) is 26.1 Å². The third-order valence-electron chi connectivity index (χ3n) is 4.84. The Bertz CT molecular complexity index is 1420. The first-order valence-electron chi connectivity index (χ1n) is 10.3. The summed E-state index contributed by atoms with van der Waals surface area (Å²) in [5, 5.41) is -0.277. The predicted octanol–water partition coefficient (Wildman–Crippen LogP) is 4.47. The van der Waals surface area contributed by atoms with Crippen molar-refractivity contribution in [1.29, 1.82) is 0 Å². The third kappa shape index (κ3) is 5.54. The van der Waals surface area contributed by atoms with Crippen LogP contribution in [0.5, 0.6) is 17.2 Å². The van der Waals surface area contributed by atoms with E-state index < -0.39 is 46.7 Å². The fraction of sp³-hybridized carbons (Fsp3) is 0.261. The van der Waals surface area contributed by atoms with E-state index in [2.05, 4.69) is 0 Å². The number of para-hydroxylation sites is 2. The van der Waals surface area contributed by atoms with Gasteiger partial charge in [0.25, 0.3) is 5.56 Å². The molecule has 0 aliphatic rings. The summed E-state index contributed by atoms with van der Waals surface area (Å²) in [6.07, 6.45) is -5.99. The maximum atomic E-state index is 14.7. The van der Waals surface area contributed by atoms with Crippen LogP contribution in [-0.4, -0.2) is 27.8 Å². The highest BCUT2D eigenvalue weighted by Crippen LogP contribution is 2.37. The molecule has 0 saturated carbocycles. The molecular weight excluding hydrogens is 512 g/mol. The lowest BCUT2D eigenvalue weighted by Gasteiger charge is -2.18. The Morgan fingerprint density at radius 1 is 1.08 bits per heavy atom. The van der Waals surface area contributed by atoms with Crippen LogP contribution >= 0.6 is 11.6 Å². The van der Waals surface area contributed by atoms with Crippen molar-refractivity contribution in [3.63, 3.8) is 0 Å². The third-order valence-corrected chi connectivity index (χ3v) is 5.14. The van der Waals surface area contributed by atoms with E-state index in [-0.39, 0.29) is 44.1 Å². The molecule has 0 amide bonds. The molecule has 0 radical (unpaired) electrons. The van der Waals surface area contributed by atoms with Gasteiger partial charge in [0, 0.05) is 19.2 Å². The van der Waals surface area contributed by atoms with E-state index in [4.69, 9.17) is 25.8 Å². The quantitative estimate of drug-likeness (QED) is 0.331. The lowest BCUT2D eigenvalue weighted by Crippen LogP contribution is -2.41. The maximum absolute atomic E-state index is 14.7. The van der Waals surface area contributed by atoms with Crippen LogP contribution in [-0.2, 0) is 22.8 Å². The van der Waals surface area contributed by atoms with Gasteiger partial charge in [-0.3, -0.25) is 9.36 Å². The number of esters is 1. The number of nitrogens with zero attached hydrogens (tertiary/aromatic N) is 2. The van der Waals surface area contributed by atoms with Crippen LogP contribution in [0, 0.1) is 5.82 Å². The summed E-state index contributed by atoms with van der Waals surface area (Å²) >= 11 is 6.09. The van der Waals surface area contributed by atoms with Crippen molar-refractivity contribution in [3.05, 3.63) is 79.8 Å². The second-order valence-electron chi connectivity index (χ2n) is 7.34. The van der Waals surface area contributed by atoms with Crippen LogP contribution in [0.2, 0.25) is 5.02 Å². The molecule has 2 aromatic carbocycles. The number of rotatable bonds is 7. The summed E-state index contributed by atoms with van der Waals surface area (Å²) in [6, 6.07) is 7.86. The van der Waals surface area contributed by atoms with Gasteiger partial charge in [0.2, 0.25) is 0 Å². The van der Waals surface area contributed by atoms with E-state index in [9.17, 15) is 31.9 Å². The van der Waals surface area contributed by atoms with E-state index in [1.165, 1.54) is 19.1 Å². The van der Waals surface area contributed by atoms with E-state index in [0.29, 0.717) is 0 Å². The Labute approximate surface area is 206 Å². The maximum Gasteiger partial charge on any atom is 0.431 e. The first-order chi connectivity index (χ1) is 16.8. The minimum Gasteiger partial charge on any atom is -0.475 e. The van der Waals surface area contributed by atoms with Crippen LogP contribution in [0.15, 0.2) is 52.1 Å².